The number of hydrogen-bond acceptors (Lipinski definition) is 1. The fourth-order valence-electron chi connectivity index (χ4n) is 11.1. The van der Waals surface area contributed by atoms with E-state index in [9.17, 15) is 0 Å². The minimum Gasteiger partial charge on any atom is -0.455 e. The monoisotopic (exact) mass is 845 g/mol. The van der Waals surface area contributed by atoms with Crippen LogP contribution in [0.5, 0.6) is 0 Å². The summed E-state index contributed by atoms with van der Waals surface area (Å²) in [4.78, 5) is 0. The Bertz CT molecular complexity index is 3440. The van der Waals surface area contributed by atoms with Crippen molar-refractivity contribution < 1.29 is 13.6 Å². The van der Waals surface area contributed by atoms with Crippen LogP contribution in [0, 0.1) is 6.92 Å². The van der Waals surface area contributed by atoms with Crippen LogP contribution < -0.4 is 14.3 Å². The molecule has 64 heavy (non-hydrogen) atoms. The molecule has 7 aromatic carbocycles. The molecule has 0 fully saturated rings. The minimum atomic E-state index is -1.65. The lowest BCUT2D eigenvalue weighted by atomic mass is 9.77. The van der Waals surface area contributed by atoms with Gasteiger partial charge >= 0.3 is 5.82 Å². The summed E-state index contributed by atoms with van der Waals surface area (Å²) in [7, 11) is -1.65. The fourth-order valence-corrected chi connectivity index (χ4v) is 12.2. The summed E-state index contributed by atoms with van der Waals surface area (Å²) >= 11 is 0. The van der Waals surface area contributed by atoms with E-state index < -0.39 is 8.07 Å². The normalized spacial score (nSPS) is 16.0. The number of hydrogen-bond donors (Lipinski definition) is 0. The van der Waals surface area contributed by atoms with E-state index in [1.807, 2.05) is 0 Å². The lowest BCUT2D eigenvalue weighted by molar-refractivity contribution is -0.719. The highest BCUT2D eigenvalue weighted by Crippen LogP contribution is 2.48. The highest BCUT2D eigenvalue weighted by Gasteiger charge is 2.45. The highest BCUT2D eigenvalue weighted by atomic mass is 28.3. The van der Waals surface area contributed by atoms with Crippen molar-refractivity contribution in [2.24, 2.45) is 0 Å². The van der Waals surface area contributed by atoms with Crippen LogP contribution in [-0.4, -0.2) is 12.6 Å². The summed E-state index contributed by atoms with van der Waals surface area (Å²) in [6.45, 7) is 14.8. The van der Waals surface area contributed by atoms with E-state index in [0.717, 1.165) is 75.0 Å². The Labute approximate surface area is 376 Å². The van der Waals surface area contributed by atoms with Gasteiger partial charge in [0.05, 0.1) is 14.5 Å². The van der Waals surface area contributed by atoms with E-state index in [2.05, 4.69) is 216 Å². The first-order chi connectivity index (χ1) is 31.2. The van der Waals surface area contributed by atoms with Crippen molar-refractivity contribution in [1.82, 2.24) is 4.57 Å². The van der Waals surface area contributed by atoms with Crippen LogP contribution in [0.2, 0.25) is 19.6 Å². The molecule has 3 aromatic heterocycles. The second kappa shape index (κ2) is 14.8. The molecular formula is C59H51N3OSi+2. The molecule has 0 spiro atoms. The van der Waals surface area contributed by atoms with Gasteiger partial charge < -0.3 is 4.42 Å². The molecule has 2 unspecified atom stereocenters. The van der Waals surface area contributed by atoms with E-state index in [-0.39, 0.29) is 12.0 Å². The van der Waals surface area contributed by atoms with Crippen molar-refractivity contribution in [3.63, 3.8) is 0 Å². The predicted molar refractivity (Wildman–Crippen MR) is 267 cm³/mol. The van der Waals surface area contributed by atoms with Crippen LogP contribution in [0.15, 0.2) is 187 Å². The van der Waals surface area contributed by atoms with Crippen LogP contribution >= 0.6 is 0 Å². The smallest absolute Gasteiger partial charge is 0.304 e. The van der Waals surface area contributed by atoms with E-state index in [0.29, 0.717) is 0 Å². The second-order valence-electron chi connectivity index (χ2n) is 19.0. The number of aromatic nitrogens is 3. The largest absolute Gasteiger partial charge is 0.455 e. The third kappa shape index (κ3) is 5.94. The molecule has 2 atom stereocenters. The Balaban J connectivity index is 1.23. The Morgan fingerprint density at radius 1 is 0.656 bits per heavy atom. The molecule has 310 valence electrons. The van der Waals surface area contributed by atoms with E-state index in [1.54, 1.807) is 0 Å². The number of fused-ring (bicyclic) bond motifs is 15. The maximum absolute atomic E-state index is 7.16. The Morgan fingerprint density at radius 3 is 2.08 bits per heavy atom. The average Bonchev–Trinajstić information content (AvgIpc) is 3.88. The van der Waals surface area contributed by atoms with Gasteiger partial charge in [-0.25, -0.2) is 0 Å². The summed E-state index contributed by atoms with van der Waals surface area (Å²) in [5.74, 6) is 1.34. The van der Waals surface area contributed by atoms with Crippen LogP contribution in [0.4, 0.5) is 0 Å². The zero-order valence-corrected chi connectivity index (χ0v) is 38.0. The summed E-state index contributed by atoms with van der Waals surface area (Å²) in [5, 5.41) is 3.73. The van der Waals surface area contributed by atoms with Crippen molar-refractivity contribution in [1.29, 1.82) is 0 Å². The standard InChI is InChI=1S/C59H51N3OSi/c1-38-18-16-28-52-56(38)62(57-44(40-19-8-6-9-20-40)26-17-27-45(57)41-21-10-7-11-22-41)59-55-42(31-34-50-49-25-14-15-29-54(49)63-58(50)55)30-33-48-46-23-12-13-24-47(46)51-35-32-43(64(3,4)5)37-60(51)53(48)36-39(2)61(52)59/h6-29,31-32,34-35,37,48,53H,2,30,33,36H2,1,3-5H3/q+2. The number of benzene rings is 7. The molecule has 12 rings (SSSR count). The molecule has 0 N–H and O–H groups in total. The number of aryl methyl sites for hydroxylation is 2. The van der Waals surface area contributed by atoms with Gasteiger partial charge in [-0.15, -0.1) is 0 Å². The summed E-state index contributed by atoms with van der Waals surface area (Å²) < 4.78 is 14.9. The van der Waals surface area contributed by atoms with Gasteiger partial charge in [0.25, 0.3) is 0 Å². The van der Waals surface area contributed by atoms with Crippen molar-refractivity contribution in [2.45, 2.75) is 57.8 Å². The molecule has 0 aliphatic carbocycles. The number of nitrogens with zero attached hydrogens (tertiary/aromatic N) is 3. The molecule has 5 heterocycles. The van der Waals surface area contributed by atoms with Gasteiger partial charge in [0, 0.05) is 50.2 Å². The first-order valence-corrected chi connectivity index (χ1v) is 26.3. The summed E-state index contributed by atoms with van der Waals surface area (Å²) in [5.41, 5.74) is 18.7. The first kappa shape index (κ1) is 38.6. The Kier molecular flexibility index (Phi) is 8.89. The predicted octanol–water partition coefficient (Wildman–Crippen LogP) is 13.8. The van der Waals surface area contributed by atoms with Crippen LogP contribution in [0.25, 0.3) is 89.3 Å². The Morgan fingerprint density at radius 2 is 1.33 bits per heavy atom. The molecule has 0 saturated heterocycles. The Hall–Kier alpha value is -7.08. The first-order valence-electron chi connectivity index (χ1n) is 22.8. The maximum Gasteiger partial charge on any atom is 0.304 e. The summed E-state index contributed by atoms with van der Waals surface area (Å²) in [6.07, 6.45) is 5.14. The van der Waals surface area contributed by atoms with Gasteiger partial charge in [-0.2, -0.15) is 13.7 Å². The van der Waals surface area contributed by atoms with Crippen molar-refractivity contribution in [2.75, 3.05) is 0 Å². The van der Waals surface area contributed by atoms with Gasteiger partial charge in [-0.3, -0.25) is 0 Å². The quantitative estimate of drug-likeness (QED) is 0.128. The SMILES string of the molecule is C=C1CC2C(CCc3ccc4c(oc5ccccc54)c3-c3n(-c4c(-c5ccccc5)cccc4-c4ccccc4)c4c(C)cccc4[n+]31)c1ccccc1-c1ccc([Si](C)(C)C)c[n+]12. The molecule has 0 saturated carbocycles. The van der Waals surface area contributed by atoms with Crippen LogP contribution in [0.1, 0.15) is 41.5 Å². The second-order valence-corrected chi connectivity index (χ2v) is 24.1. The van der Waals surface area contributed by atoms with Crippen molar-refractivity contribution >= 4 is 51.9 Å². The van der Waals surface area contributed by atoms with E-state index >= 15 is 0 Å². The number of rotatable bonds is 4. The number of pyridine rings is 1. The van der Waals surface area contributed by atoms with Crippen molar-refractivity contribution in [3.8, 4) is 50.6 Å². The van der Waals surface area contributed by atoms with E-state index in [4.69, 9.17) is 11.0 Å². The van der Waals surface area contributed by atoms with Gasteiger partial charge in [0.15, 0.2) is 28.9 Å². The van der Waals surface area contributed by atoms with Crippen molar-refractivity contribution in [3.05, 3.63) is 199 Å². The molecular weight excluding hydrogens is 795 g/mol. The molecule has 2 aliphatic heterocycles. The van der Waals surface area contributed by atoms with Gasteiger partial charge in [-0.05, 0) is 60.2 Å². The summed E-state index contributed by atoms with van der Waals surface area (Å²) in [6, 6.07) is 62.7. The molecule has 2 aliphatic rings. The number of furan rings is 1. The topological polar surface area (TPSA) is 25.8 Å². The van der Waals surface area contributed by atoms with Gasteiger partial charge in [-0.1, -0.05) is 172 Å². The molecule has 10 aromatic rings. The molecule has 5 heteroatoms. The van der Waals surface area contributed by atoms with Gasteiger partial charge in [0.1, 0.15) is 22.5 Å². The number of imidazole rings is 1. The highest BCUT2D eigenvalue weighted by molar-refractivity contribution is 6.88. The number of para-hydroxylation sites is 3. The maximum atomic E-state index is 7.16. The molecule has 0 bridgehead atoms. The lowest BCUT2D eigenvalue weighted by Crippen LogP contribution is -2.53. The molecule has 4 nitrogen and oxygen atoms in total. The van der Waals surface area contributed by atoms with Gasteiger partial charge in [0.2, 0.25) is 5.69 Å². The number of allylic oxidation sites excluding steroid dienone is 1. The average molecular weight is 846 g/mol. The third-order valence-corrected chi connectivity index (χ3v) is 16.2. The van der Waals surface area contributed by atoms with Crippen LogP contribution in [0.3, 0.4) is 0 Å². The lowest BCUT2D eigenvalue weighted by Gasteiger charge is -2.32. The third-order valence-electron chi connectivity index (χ3n) is 14.2. The fraction of sp³-hybridized carbons (Fsp3) is 0.153. The molecule has 0 radical (unpaired) electrons. The zero-order chi connectivity index (χ0) is 43.3. The van der Waals surface area contributed by atoms with Crippen LogP contribution in [-0.2, 0) is 6.42 Å². The van der Waals surface area contributed by atoms with E-state index in [1.165, 1.54) is 55.4 Å². The minimum absolute atomic E-state index is 0.158. The zero-order valence-electron chi connectivity index (χ0n) is 37.0. The molecule has 0 amide bonds.